The molecule has 0 amide bonds. The van der Waals surface area contributed by atoms with Gasteiger partial charge in [-0.1, -0.05) is 11.3 Å². The molecule has 0 aliphatic heterocycles. The van der Waals surface area contributed by atoms with E-state index in [1.165, 1.54) is 12.3 Å². The maximum Gasteiger partial charge on any atom is 0.273 e. The lowest BCUT2D eigenvalue weighted by Gasteiger charge is -2.03. The van der Waals surface area contributed by atoms with Crippen molar-refractivity contribution in [3.8, 4) is 0 Å². The third-order valence-corrected chi connectivity index (χ3v) is 4.80. The number of thiophene rings is 1. The van der Waals surface area contributed by atoms with Gasteiger partial charge >= 0.3 is 0 Å². The summed E-state index contributed by atoms with van der Waals surface area (Å²) in [5.74, 6) is -0.0372. The van der Waals surface area contributed by atoms with Crippen molar-refractivity contribution in [2.24, 2.45) is 0 Å². The van der Waals surface area contributed by atoms with Gasteiger partial charge in [-0.05, 0) is 11.4 Å². The molecule has 0 bridgehead atoms. The van der Waals surface area contributed by atoms with Crippen LogP contribution in [-0.2, 0) is 10.0 Å². The predicted octanol–water partition coefficient (Wildman–Crippen LogP) is 0.610. The zero-order chi connectivity index (χ0) is 12.6. The van der Waals surface area contributed by atoms with E-state index in [0.29, 0.717) is 11.2 Å². The normalized spacial score (nSPS) is 11.8. The van der Waals surface area contributed by atoms with Gasteiger partial charge in [0.15, 0.2) is 0 Å². The van der Waals surface area contributed by atoms with Gasteiger partial charge < -0.3 is 0 Å². The Hall–Kier alpha value is -2.07. The maximum absolute atomic E-state index is 11.9. The van der Waals surface area contributed by atoms with E-state index in [0.717, 1.165) is 11.3 Å². The van der Waals surface area contributed by atoms with Gasteiger partial charge in [-0.25, -0.2) is 18.1 Å². The predicted molar refractivity (Wildman–Crippen MR) is 64.6 cm³/mol. The topological polar surface area (TPSA) is 114 Å². The zero-order valence-corrected chi connectivity index (χ0v) is 10.4. The van der Waals surface area contributed by atoms with Gasteiger partial charge in [0.2, 0.25) is 11.6 Å². The van der Waals surface area contributed by atoms with Gasteiger partial charge in [-0.2, -0.15) is 4.98 Å². The standard InChI is InChI=1S/C8H6N6O2S2/c15-18(16,6-2-1-3-17-6)13-8-9-4-5-7(10-8)12-14-11-5/h1-4H,(H2,9,10,11,12,13,14). The highest BCUT2D eigenvalue weighted by Crippen LogP contribution is 2.18. The lowest BCUT2D eigenvalue weighted by molar-refractivity contribution is 0.603. The first-order valence-electron chi connectivity index (χ1n) is 4.75. The molecule has 3 rings (SSSR count). The van der Waals surface area contributed by atoms with E-state index in [-0.39, 0.29) is 10.2 Å². The molecule has 3 aromatic rings. The molecule has 92 valence electrons. The molecule has 0 atom stereocenters. The molecule has 0 aliphatic rings. The van der Waals surface area contributed by atoms with Crippen LogP contribution in [-0.4, -0.2) is 33.8 Å². The van der Waals surface area contributed by atoms with Crippen molar-refractivity contribution in [1.29, 1.82) is 0 Å². The van der Waals surface area contributed by atoms with E-state index in [4.69, 9.17) is 0 Å². The lowest BCUT2D eigenvalue weighted by atomic mass is 10.6. The second kappa shape index (κ2) is 3.99. The Morgan fingerprint density at radius 3 is 3.06 bits per heavy atom. The molecular weight excluding hydrogens is 276 g/mol. The van der Waals surface area contributed by atoms with Crippen molar-refractivity contribution in [2.75, 3.05) is 4.72 Å². The summed E-state index contributed by atoms with van der Waals surface area (Å²) in [6.45, 7) is 0. The fourth-order valence-electron chi connectivity index (χ4n) is 1.29. The van der Waals surface area contributed by atoms with Gasteiger partial charge in [0, 0.05) is 0 Å². The van der Waals surface area contributed by atoms with Crippen LogP contribution in [0.5, 0.6) is 0 Å². The number of aromatic nitrogens is 5. The summed E-state index contributed by atoms with van der Waals surface area (Å²) in [6, 6.07) is 3.16. The largest absolute Gasteiger partial charge is 0.273 e. The zero-order valence-electron chi connectivity index (χ0n) is 8.73. The minimum absolute atomic E-state index is 0.0372. The molecule has 0 aliphatic carbocycles. The quantitative estimate of drug-likeness (QED) is 0.727. The average molecular weight is 282 g/mol. The Morgan fingerprint density at radius 1 is 1.39 bits per heavy atom. The second-order valence-electron chi connectivity index (χ2n) is 3.28. The minimum Gasteiger partial charge on any atom is -0.254 e. The molecule has 0 fully saturated rings. The SMILES string of the molecule is O=S(=O)(Nc1ncc2[nH]nnc2n1)c1cccs1. The molecule has 2 N–H and O–H groups in total. The maximum atomic E-state index is 11.9. The molecule has 0 unspecified atom stereocenters. The van der Waals surface area contributed by atoms with Crippen LogP contribution in [0.3, 0.4) is 0 Å². The summed E-state index contributed by atoms with van der Waals surface area (Å²) >= 11 is 1.11. The molecule has 18 heavy (non-hydrogen) atoms. The van der Waals surface area contributed by atoms with E-state index in [2.05, 4.69) is 30.1 Å². The molecule has 0 aromatic carbocycles. The van der Waals surface area contributed by atoms with E-state index < -0.39 is 10.0 Å². The van der Waals surface area contributed by atoms with Crippen molar-refractivity contribution < 1.29 is 8.42 Å². The van der Waals surface area contributed by atoms with Crippen LogP contribution in [0.25, 0.3) is 11.2 Å². The first-order chi connectivity index (χ1) is 8.65. The van der Waals surface area contributed by atoms with Gasteiger partial charge in [0.25, 0.3) is 10.0 Å². The molecule has 0 radical (unpaired) electrons. The van der Waals surface area contributed by atoms with Gasteiger partial charge in [0.05, 0.1) is 6.20 Å². The van der Waals surface area contributed by atoms with E-state index in [1.807, 2.05) is 0 Å². The molecular formula is C8H6N6O2S2. The molecule has 8 nitrogen and oxygen atoms in total. The average Bonchev–Trinajstić information content (AvgIpc) is 2.99. The fraction of sp³-hybridized carbons (Fsp3) is 0. The highest BCUT2D eigenvalue weighted by molar-refractivity contribution is 7.94. The monoisotopic (exact) mass is 282 g/mol. The second-order valence-corrected chi connectivity index (χ2v) is 6.14. The number of hydrogen-bond donors (Lipinski definition) is 2. The summed E-state index contributed by atoms with van der Waals surface area (Å²) < 4.78 is 26.3. The van der Waals surface area contributed by atoms with Crippen LogP contribution in [0.1, 0.15) is 0 Å². The Bertz CT molecular complexity index is 779. The van der Waals surface area contributed by atoms with E-state index in [1.54, 1.807) is 11.4 Å². The highest BCUT2D eigenvalue weighted by atomic mass is 32.2. The van der Waals surface area contributed by atoms with Crippen LogP contribution in [0.4, 0.5) is 5.95 Å². The van der Waals surface area contributed by atoms with Crippen LogP contribution in [0.2, 0.25) is 0 Å². The lowest BCUT2D eigenvalue weighted by Crippen LogP contribution is -2.13. The fourth-order valence-corrected chi connectivity index (χ4v) is 3.23. The van der Waals surface area contributed by atoms with Crippen molar-refractivity contribution in [2.45, 2.75) is 4.21 Å². The van der Waals surface area contributed by atoms with Crippen molar-refractivity contribution in [1.82, 2.24) is 25.4 Å². The number of nitrogens with zero attached hydrogens (tertiary/aromatic N) is 4. The van der Waals surface area contributed by atoms with Crippen LogP contribution in [0.15, 0.2) is 27.9 Å². The molecule has 3 aromatic heterocycles. The highest BCUT2D eigenvalue weighted by Gasteiger charge is 2.17. The van der Waals surface area contributed by atoms with E-state index in [9.17, 15) is 8.42 Å². The van der Waals surface area contributed by atoms with Crippen molar-refractivity contribution >= 4 is 38.5 Å². The number of H-pyrrole nitrogens is 1. The van der Waals surface area contributed by atoms with Crippen molar-refractivity contribution in [3.63, 3.8) is 0 Å². The Labute approximate surface area is 105 Å². The minimum atomic E-state index is -3.64. The summed E-state index contributed by atoms with van der Waals surface area (Å²) in [4.78, 5) is 7.79. The number of anilines is 1. The molecule has 0 spiro atoms. The summed E-state index contributed by atoms with van der Waals surface area (Å²) in [7, 11) is -3.64. The van der Waals surface area contributed by atoms with Crippen molar-refractivity contribution in [3.05, 3.63) is 23.7 Å². The Kier molecular flexibility index (Phi) is 2.45. The van der Waals surface area contributed by atoms with Gasteiger partial charge in [-0.3, -0.25) is 5.10 Å². The number of nitrogens with one attached hydrogen (secondary N) is 2. The molecule has 0 saturated carbocycles. The van der Waals surface area contributed by atoms with E-state index >= 15 is 0 Å². The summed E-state index contributed by atoms with van der Waals surface area (Å²) in [6.07, 6.45) is 1.41. The molecule has 10 heteroatoms. The smallest absolute Gasteiger partial charge is 0.254 e. The molecule has 0 saturated heterocycles. The van der Waals surface area contributed by atoms with Crippen LogP contribution in [0, 0.1) is 0 Å². The first-order valence-corrected chi connectivity index (χ1v) is 7.11. The third-order valence-electron chi connectivity index (χ3n) is 2.07. The summed E-state index contributed by atoms with van der Waals surface area (Å²) in [5, 5.41) is 11.5. The first kappa shape index (κ1) is 11.0. The number of sulfonamides is 1. The number of rotatable bonds is 3. The van der Waals surface area contributed by atoms with Gasteiger partial charge in [-0.15, -0.1) is 16.4 Å². The van der Waals surface area contributed by atoms with Crippen LogP contribution >= 0.6 is 11.3 Å². The Morgan fingerprint density at radius 2 is 2.28 bits per heavy atom. The molecule has 3 heterocycles. The van der Waals surface area contributed by atoms with Gasteiger partial charge in [0.1, 0.15) is 9.73 Å². The number of hydrogen-bond acceptors (Lipinski definition) is 7. The van der Waals surface area contributed by atoms with Crippen LogP contribution < -0.4 is 4.72 Å². The number of aromatic amines is 1. The summed E-state index contributed by atoms with van der Waals surface area (Å²) in [5.41, 5.74) is 0.836. The third kappa shape index (κ3) is 1.91. The Balaban J connectivity index is 1.97. The number of fused-ring (bicyclic) bond motifs is 1.